The third kappa shape index (κ3) is 3.33. The number of nitrogens with zero attached hydrogens (tertiary/aromatic N) is 1. The summed E-state index contributed by atoms with van der Waals surface area (Å²) in [5.74, 6) is 1.65. The molecule has 0 bridgehead atoms. The monoisotopic (exact) mass is 311 g/mol. The van der Waals surface area contributed by atoms with Crippen molar-refractivity contribution in [3.63, 3.8) is 0 Å². The van der Waals surface area contributed by atoms with Crippen LogP contribution in [-0.2, 0) is 6.54 Å². The van der Waals surface area contributed by atoms with Crippen molar-refractivity contribution < 1.29 is 4.39 Å². The van der Waals surface area contributed by atoms with Gasteiger partial charge in [0.2, 0.25) is 0 Å². The van der Waals surface area contributed by atoms with E-state index in [0.717, 1.165) is 23.9 Å². The topological polar surface area (TPSA) is 3.24 Å². The van der Waals surface area contributed by atoms with Crippen LogP contribution in [0.1, 0.15) is 31.2 Å². The molecule has 3 heteroatoms. The Balaban J connectivity index is 1.67. The Labute approximate surface area is 116 Å². The fourth-order valence-electron chi connectivity index (χ4n) is 2.45. The van der Waals surface area contributed by atoms with Crippen molar-refractivity contribution in [3.05, 3.63) is 34.1 Å². The van der Waals surface area contributed by atoms with E-state index in [1.54, 1.807) is 0 Å². The van der Waals surface area contributed by atoms with Crippen LogP contribution in [0.5, 0.6) is 0 Å². The SMILES string of the molecule is Fc1cccc(CN(CC2CC2)CC2CC2)c1Br. The molecule has 2 fully saturated rings. The fourth-order valence-corrected chi connectivity index (χ4v) is 2.84. The van der Waals surface area contributed by atoms with Gasteiger partial charge in [0.05, 0.1) is 4.47 Å². The first kappa shape index (κ1) is 12.6. The molecule has 0 amide bonds. The largest absolute Gasteiger partial charge is 0.298 e. The normalized spacial score (nSPS) is 19.5. The summed E-state index contributed by atoms with van der Waals surface area (Å²) in [4.78, 5) is 2.52. The smallest absolute Gasteiger partial charge is 0.137 e. The molecule has 2 aliphatic rings. The second-order valence-corrected chi connectivity index (χ2v) is 6.59. The number of hydrogen-bond acceptors (Lipinski definition) is 1. The lowest BCUT2D eigenvalue weighted by Gasteiger charge is -2.23. The zero-order valence-electron chi connectivity index (χ0n) is 10.5. The molecule has 0 spiro atoms. The average Bonchev–Trinajstić information content (AvgIpc) is 3.20. The summed E-state index contributed by atoms with van der Waals surface area (Å²) in [5.41, 5.74) is 1.08. The summed E-state index contributed by atoms with van der Waals surface area (Å²) in [7, 11) is 0. The molecule has 2 saturated carbocycles. The van der Waals surface area contributed by atoms with E-state index < -0.39 is 0 Å². The van der Waals surface area contributed by atoms with Crippen LogP contribution in [0, 0.1) is 17.7 Å². The van der Waals surface area contributed by atoms with Gasteiger partial charge in [0, 0.05) is 19.6 Å². The molecule has 0 heterocycles. The number of benzene rings is 1. The van der Waals surface area contributed by atoms with Crippen molar-refractivity contribution in [1.29, 1.82) is 0 Å². The Morgan fingerprint density at radius 1 is 1.11 bits per heavy atom. The highest BCUT2D eigenvalue weighted by molar-refractivity contribution is 9.10. The van der Waals surface area contributed by atoms with Crippen molar-refractivity contribution in [3.8, 4) is 0 Å². The van der Waals surface area contributed by atoms with E-state index >= 15 is 0 Å². The Morgan fingerprint density at radius 2 is 1.72 bits per heavy atom. The molecule has 1 aromatic rings. The minimum atomic E-state index is -0.148. The van der Waals surface area contributed by atoms with E-state index in [1.165, 1.54) is 44.8 Å². The first-order chi connectivity index (χ1) is 8.72. The molecule has 3 rings (SSSR count). The summed E-state index contributed by atoms with van der Waals surface area (Å²) < 4.78 is 14.2. The van der Waals surface area contributed by atoms with E-state index in [9.17, 15) is 4.39 Å². The van der Waals surface area contributed by atoms with Crippen LogP contribution < -0.4 is 0 Å². The number of hydrogen-bond donors (Lipinski definition) is 0. The molecular formula is C15H19BrFN. The molecule has 0 saturated heterocycles. The van der Waals surface area contributed by atoms with Gasteiger partial charge >= 0.3 is 0 Å². The Kier molecular flexibility index (Phi) is 3.71. The Hall–Kier alpha value is -0.410. The molecular weight excluding hydrogens is 293 g/mol. The van der Waals surface area contributed by atoms with E-state index in [1.807, 2.05) is 12.1 Å². The minimum absolute atomic E-state index is 0.148. The molecule has 2 aliphatic carbocycles. The van der Waals surface area contributed by atoms with Gasteiger partial charge in [-0.2, -0.15) is 0 Å². The predicted molar refractivity (Wildman–Crippen MR) is 74.8 cm³/mol. The molecule has 0 N–H and O–H groups in total. The van der Waals surface area contributed by atoms with E-state index in [0.29, 0.717) is 4.47 Å². The zero-order valence-corrected chi connectivity index (χ0v) is 12.1. The third-order valence-electron chi connectivity index (χ3n) is 3.85. The second kappa shape index (κ2) is 5.30. The van der Waals surface area contributed by atoms with Crippen molar-refractivity contribution in [2.45, 2.75) is 32.2 Å². The van der Waals surface area contributed by atoms with Crippen LogP contribution in [0.15, 0.2) is 22.7 Å². The van der Waals surface area contributed by atoms with Gasteiger partial charge < -0.3 is 0 Å². The standard InChI is InChI=1S/C15H19BrFN/c16-15-13(2-1-3-14(15)17)10-18(8-11-4-5-11)9-12-6-7-12/h1-3,11-12H,4-10H2. The predicted octanol–water partition coefficient (Wildman–Crippen LogP) is 4.21. The first-order valence-corrected chi connectivity index (χ1v) is 7.67. The summed E-state index contributed by atoms with van der Waals surface area (Å²) in [6.45, 7) is 3.27. The highest BCUT2D eigenvalue weighted by Gasteiger charge is 2.29. The van der Waals surface area contributed by atoms with Crippen LogP contribution in [0.3, 0.4) is 0 Å². The van der Waals surface area contributed by atoms with Crippen molar-refractivity contribution >= 4 is 15.9 Å². The number of halogens is 2. The highest BCUT2D eigenvalue weighted by atomic mass is 79.9. The van der Waals surface area contributed by atoms with Gasteiger partial charge in [-0.05, 0) is 65.1 Å². The zero-order chi connectivity index (χ0) is 12.5. The van der Waals surface area contributed by atoms with Gasteiger partial charge in [0.1, 0.15) is 5.82 Å². The molecule has 0 atom stereocenters. The maximum atomic E-state index is 13.5. The molecule has 1 aromatic carbocycles. The van der Waals surface area contributed by atoms with E-state index in [2.05, 4.69) is 20.8 Å². The Morgan fingerprint density at radius 3 is 2.28 bits per heavy atom. The first-order valence-electron chi connectivity index (χ1n) is 6.87. The summed E-state index contributed by atoms with van der Waals surface area (Å²) in [6.07, 6.45) is 5.52. The van der Waals surface area contributed by atoms with Gasteiger partial charge in [0.15, 0.2) is 0 Å². The lowest BCUT2D eigenvalue weighted by Crippen LogP contribution is -2.28. The van der Waals surface area contributed by atoms with Crippen LogP contribution in [0.25, 0.3) is 0 Å². The van der Waals surface area contributed by atoms with Crippen LogP contribution in [-0.4, -0.2) is 18.0 Å². The van der Waals surface area contributed by atoms with Crippen molar-refractivity contribution in [2.24, 2.45) is 11.8 Å². The van der Waals surface area contributed by atoms with E-state index in [-0.39, 0.29) is 5.82 Å². The molecule has 0 aromatic heterocycles. The highest BCUT2D eigenvalue weighted by Crippen LogP contribution is 2.34. The molecule has 0 unspecified atom stereocenters. The van der Waals surface area contributed by atoms with Crippen LogP contribution in [0.4, 0.5) is 4.39 Å². The lowest BCUT2D eigenvalue weighted by atomic mass is 10.2. The second-order valence-electron chi connectivity index (χ2n) is 5.79. The summed E-state index contributed by atoms with van der Waals surface area (Å²) in [5, 5.41) is 0. The summed E-state index contributed by atoms with van der Waals surface area (Å²) >= 11 is 3.37. The lowest BCUT2D eigenvalue weighted by molar-refractivity contribution is 0.243. The van der Waals surface area contributed by atoms with Crippen molar-refractivity contribution in [1.82, 2.24) is 4.90 Å². The molecule has 98 valence electrons. The maximum absolute atomic E-state index is 13.5. The van der Waals surface area contributed by atoms with Gasteiger partial charge in [-0.3, -0.25) is 4.90 Å². The van der Waals surface area contributed by atoms with Crippen LogP contribution >= 0.6 is 15.9 Å². The molecule has 0 radical (unpaired) electrons. The van der Waals surface area contributed by atoms with E-state index in [4.69, 9.17) is 0 Å². The van der Waals surface area contributed by atoms with Gasteiger partial charge in [-0.25, -0.2) is 4.39 Å². The molecule has 0 aliphatic heterocycles. The fraction of sp³-hybridized carbons (Fsp3) is 0.600. The minimum Gasteiger partial charge on any atom is -0.298 e. The Bertz CT molecular complexity index is 413. The quantitative estimate of drug-likeness (QED) is 0.760. The average molecular weight is 312 g/mol. The summed E-state index contributed by atoms with van der Waals surface area (Å²) in [6, 6.07) is 5.35. The van der Waals surface area contributed by atoms with Gasteiger partial charge in [-0.1, -0.05) is 12.1 Å². The maximum Gasteiger partial charge on any atom is 0.137 e. The molecule has 18 heavy (non-hydrogen) atoms. The van der Waals surface area contributed by atoms with Gasteiger partial charge in [0.25, 0.3) is 0 Å². The van der Waals surface area contributed by atoms with Crippen molar-refractivity contribution in [2.75, 3.05) is 13.1 Å². The third-order valence-corrected chi connectivity index (χ3v) is 4.74. The van der Waals surface area contributed by atoms with Crippen LogP contribution in [0.2, 0.25) is 0 Å². The number of rotatable bonds is 6. The molecule has 1 nitrogen and oxygen atoms in total. The van der Waals surface area contributed by atoms with Gasteiger partial charge in [-0.15, -0.1) is 0 Å².